The van der Waals surface area contributed by atoms with Crippen molar-refractivity contribution >= 4 is 34.6 Å². The summed E-state index contributed by atoms with van der Waals surface area (Å²) in [6.45, 7) is -0.0982. The van der Waals surface area contributed by atoms with Gasteiger partial charge < -0.3 is 30.0 Å². The van der Waals surface area contributed by atoms with Crippen molar-refractivity contribution in [3.63, 3.8) is 0 Å². The monoisotopic (exact) mass is 432 g/mol. The molecule has 6 N–H and O–H groups in total. The molecule has 26 heavy (non-hydrogen) atoms. The molecule has 14 nitrogen and oxygen atoms in total. The average molecular weight is 432 g/mol. The molecule has 2 unspecified atom stereocenters. The average Bonchev–Trinajstić information content (AvgIpc) is 2.84. The summed E-state index contributed by atoms with van der Waals surface area (Å²) in [7, 11) is -15.7. The van der Waals surface area contributed by atoms with Gasteiger partial charge in [0.25, 0.3) is 0 Å². The van der Waals surface area contributed by atoms with E-state index in [1.807, 2.05) is 0 Å². The molecular formula is C9H15N4O10P3. The van der Waals surface area contributed by atoms with E-state index in [4.69, 9.17) is 25.2 Å². The number of ether oxygens (including phenoxy) is 1. The molecule has 0 bridgehead atoms. The van der Waals surface area contributed by atoms with Crippen LogP contribution < -0.4 is 5.73 Å². The Morgan fingerprint density at radius 2 is 1.81 bits per heavy atom. The van der Waals surface area contributed by atoms with Gasteiger partial charge in [-0.25, -0.2) is 22.9 Å². The fraction of sp³-hybridized carbons (Fsp3) is 0.333. The van der Waals surface area contributed by atoms with Crippen LogP contribution in [0.3, 0.4) is 0 Å². The van der Waals surface area contributed by atoms with Crippen molar-refractivity contribution in [1.29, 1.82) is 0 Å². The molecule has 146 valence electrons. The van der Waals surface area contributed by atoms with Gasteiger partial charge in [-0.15, -0.1) is 0 Å². The first-order valence-electron chi connectivity index (χ1n) is 6.66. The maximum Gasteiger partial charge on any atom is 0.488 e. The Hall–Kier alpha value is -1.17. The van der Waals surface area contributed by atoms with Crippen molar-refractivity contribution in [2.45, 2.75) is 6.42 Å². The van der Waals surface area contributed by atoms with Gasteiger partial charge in [0.2, 0.25) is 0 Å². The number of anilines is 1. The van der Waals surface area contributed by atoms with Gasteiger partial charge in [0.05, 0.1) is 6.61 Å². The number of phosphoric acid groups is 2. The summed E-state index contributed by atoms with van der Waals surface area (Å²) in [6.07, 6.45) is 0.477. The minimum atomic E-state index is -5.46. The highest BCUT2D eigenvalue weighted by Crippen LogP contribution is 2.65. The quantitative estimate of drug-likeness (QED) is 0.265. The first kappa shape index (κ1) is 21.1. The number of rotatable bonds is 9. The lowest BCUT2D eigenvalue weighted by molar-refractivity contribution is 0.154. The molecule has 0 amide bonds. The lowest BCUT2D eigenvalue weighted by atomic mass is 10.3. The Labute approximate surface area is 145 Å². The highest BCUT2D eigenvalue weighted by Gasteiger charge is 2.39. The van der Waals surface area contributed by atoms with E-state index in [0.29, 0.717) is 11.2 Å². The van der Waals surface area contributed by atoms with Gasteiger partial charge in [-0.1, -0.05) is 0 Å². The van der Waals surface area contributed by atoms with Gasteiger partial charge in [-0.3, -0.25) is 4.57 Å². The second kappa shape index (κ2) is 7.83. The third-order valence-electron chi connectivity index (χ3n) is 2.76. The maximum absolute atomic E-state index is 11.6. The van der Waals surface area contributed by atoms with Crippen LogP contribution in [0, 0.1) is 0 Å². The van der Waals surface area contributed by atoms with E-state index in [9.17, 15) is 18.6 Å². The SMILES string of the molecule is Nc1ncnn2c(CCOCP(=O)(O)OP(=O)(O)OP(=O)(O)O)ccc12. The molecule has 0 aromatic carbocycles. The molecule has 0 aliphatic rings. The highest BCUT2D eigenvalue weighted by molar-refractivity contribution is 7.68. The van der Waals surface area contributed by atoms with E-state index in [1.54, 1.807) is 12.1 Å². The van der Waals surface area contributed by atoms with Crippen LogP contribution >= 0.6 is 23.2 Å². The molecular weight excluding hydrogens is 417 g/mol. The summed E-state index contributed by atoms with van der Waals surface area (Å²) >= 11 is 0. The lowest BCUT2D eigenvalue weighted by Crippen LogP contribution is -2.06. The molecule has 2 aromatic heterocycles. The fourth-order valence-electron chi connectivity index (χ4n) is 1.89. The van der Waals surface area contributed by atoms with Crippen LogP contribution in [0.4, 0.5) is 5.82 Å². The summed E-state index contributed by atoms with van der Waals surface area (Å²) in [6, 6.07) is 3.36. The van der Waals surface area contributed by atoms with Gasteiger partial charge in [0, 0.05) is 12.1 Å². The Morgan fingerprint density at radius 3 is 2.46 bits per heavy atom. The normalized spacial score (nSPS) is 17.1. The smallest absolute Gasteiger partial charge is 0.382 e. The van der Waals surface area contributed by atoms with Crippen LogP contribution in [0.15, 0.2) is 18.5 Å². The molecule has 2 rings (SSSR count). The van der Waals surface area contributed by atoms with Crippen molar-refractivity contribution in [1.82, 2.24) is 14.6 Å². The van der Waals surface area contributed by atoms with Crippen molar-refractivity contribution in [2.24, 2.45) is 0 Å². The van der Waals surface area contributed by atoms with Crippen molar-refractivity contribution in [2.75, 3.05) is 18.7 Å². The highest BCUT2D eigenvalue weighted by atomic mass is 31.3. The van der Waals surface area contributed by atoms with E-state index in [2.05, 4.69) is 18.7 Å². The Balaban J connectivity index is 1.88. The number of hydrogen-bond acceptors (Lipinski definition) is 9. The summed E-state index contributed by atoms with van der Waals surface area (Å²) in [5.74, 6) is 0.268. The van der Waals surface area contributed by atoms with E-state index in [1.165, 1.54) is 10.8 Å². The molecule has 0 spiro atoms. The van der Waals surface area contributed by atoms with Crippen LogP contribution in [0.1, 0.15) is 5.69 Å². The molecule has 17 heteroatoms. The second-order valence-corrected chi connectivity index (χ2v) is 9.57. The minimum absolute atomic E-state index is 0.0982. The van der Waals surface area contributed by atoms with Crippen LogP contribution in [-0.2, 0) is 33.5 Å². The molecule has 2 atom stereocenters. The van der Waals surface area contributed by atoms with Gasteiger partial charge in [-0.2, -0.15) is 9.41 Å². The van der Waals surface area contributed by atoms with Crippen LogP contribution in [0.2, 0.25) is 0 Å². The van der Waals surface area contributed by atoms with Gasteiger partial charge in [0.15, 0.2) is 5.82 Å². The second-order valence-electron chi connectivity index (χ2n) is 4.81. The van der Waals surface area contributed by atoms with E-state index in [0.717, 1.165) is 0 Å². The van der Waals surface area contributed by atoms with Crippen LogP contribution in [0.25, 0.3) is 5.52 Å². The number of nitrogens with two attached hydrogens (primary N) is 1. The molecule has 0 saturated carbocycles. The number of nitrogens with zero attached hydrogens (tertiary/aromatic N) is 3. The molecule has 0 radical (unpaired) electrons. The summed E-state index contributed by atoms with van der Waals surface area (Å²) < 4.78 is 47.1. The van der Waals surface area contributed by atoms with Crippen molar-refractivity contribution in [3.8, 4) is 0 Å². The number of fused-ring (bicyclic) bond motifs is 1. The molecule has 2 heterocycles. The zero-order chi connectivity index (χ0) is 19.6. The number of nitrogen functional groups attached to an aromatic ring is 1. The third-order valence-corrected chi connectivity index (χ3v) is 6.79. The van der Waals surface area contributed by atoms with Crippen molar-refractivity contribution in [3.05, 3.63) is 24.2 Å². The van der Waals surface area contributed by atoms with E-state index >= 15 is 0 Å². The first-order valence-corrected chi connectivity index (χ1v) is 11.5. The standard InChI is InChI=1S/C9H15N4O10P3/c10-9-8-2-1-7(13(8)12-5-11-9)3-4-21-6-24(14,15)22-26(19,20)23-25(16,17)18/h1-2,5H,3-4,6H2,(H,14,15)(H,19,20)(H2,10,11,12)(H2,16,17,18). The lowest BCUT2D eigenvalue weighted by Gasteiger charge is -2.16. The summed E-state index contributed by atoms with van der Waals surface area (Å²) in [5.41, 5.74) is 6.89. The first-order chi connectivity index (χ1) is 11.9. The zero-order valence-electron chi connectivity index (χ0n) is 12.9. The third kappa shape index (κ3) is 6.22. The molecule has 0 aliphatic carbocycles. The Bertz CT molecular complexity index is 926. The topological polar surface area (TPSA) is 216 Å². The molecule has 2 aromatic rings. The molecule has 0 fully saturated rings. The van der Waals surface area contributed by atoms with E-state index < -0.39 is 29.6 Å². The van der Waals surface area contributed by atoms with Gasteiger partial charge in [-0.05, 0) is 12.1 Å². The Morgan fingerprint density at radius 1 is 1.12 bits per heavy atom. The van der Waals surface area contributed by atoms with Gasteiger partial charge >= 0.3 is 23.2 Å². The maximum atomic E-state index is 11.6. The number of hydrogen-bond donors (Lipinski definition) is 5. The van der Waals surface area contributed by atoms with Crippen molar-refractivity contribution < 1.29 is 46.6 Å². The summed E-state index contributed by atoms with van der Waals surface area (Å²) in [5, 5.41) is 3.99. The predicted molar refractivity (Wildman–Crippen MR) is 85.8 cm³/mol. The molecule has 0 saturated heterocycles. The molecule has 0 aliphatic heterocycles. The predicted octanol–water partition coefficient (Wildman–Crippen LogP) is 0.240. The summed E-state index contributed by atoms with van der Waals surface area (Å²) in [4.78, 5) is 39.1. The number of aromatic nitrogens is 3. The van der Waals surface area contributed by atoms with Gasteiger partial charge in [0.1, 0.15) is 18.2 Å². The minimum Gasteiger partial charge on any atom is -0.382 e. The van der Waals surface area contributed by atoms with Crippen LogP contribution in [0.5, 0.6) is 0 Å². The Kier molecular flexibility index (Phi) is 6.36. The fourth-order valence-corrected chi connectivity index (χ4v) is 5.19. The zero-order valence-corrected chi connectivity index (χ0v) is 15.5. The largest absolute Gasteiger partial charge is 0.488 e. The van der Waals surface area contributed by atoms with Crippen LogP contribution in [-0.4, -0.2) is 47.1 Å². The van der Waals surface area contributed by atoms with E-state index in [-0.39, 0.29) is 18.8 Å².